The molecule has 14 heavy (non-hydrogen) atoms. The molecule has 5 heteroatoms. The molecule has 0 spiro atoms. The number of ether oxygens (including phenoxy) is 1. The summed E-state index contributed by atoms with van der Waals surface area (Å²) in [5.74, 6) is 0.338. The van der Waals surface area contributed by atoms with E-state index in [2.05, 4.69) is 9.97 Å². The standard InChI is InChI=1S/C9H8N2O3/c1-14-8-6-3-2-5(12)4-7(6)10-9(13)11-8/h2-4,12H,1H3,(H,10,11,13). The molecule has 2 aromatic rings. The maximum atomic E-state index is 11.0. The summed E-state index contributed by atoms with van der Waals surface area (Å²) in [4.78, 5) is 17.2. The first-order valence-electron chi connectivity index (χ1n) is 3.98. The Hall–Kier alpha value is -2.04. The molecule has 0 amide bonds. The van der Waals surface area contributed by atoms with Crippen molar-refractivity contribution in [2.45, 2.75) is 0 Å². The molecule has 0 fully saturated rings. The van der Waals surface area contributed by atoms with Crippen LogP contribution in [0.1, 0.15) is 0 Å². The fourth-order valence-corrected chi connectivity index (χ4v) is 1.27. The smallest absolute Gasteiger partial charge is 0.348 e. The van der Waals surface area contributed by atoms with Gasteiger partial charge in [-0.15, -0.1) is 0 Å². The molecule has 0 saturated carbocycles. The summed E-state index contributed by atoms with van der Waals surface area (Å²) in [6, 6.07) is 4.58. The number of fused-ring (bicyclic) bond motifs is 1. The maximum Gasteiger partial charge on any atom is 0.348 e. The Balaban J connectivity index is 2.87. The lowest BCUT2D eigenvalue weighted by Gasteiger charge is -2.02. The van der Waals surface area contributed by atoms with Gasteiger partial charge in [-0.3, -0.25) is 0 Å². The second-order valence-corrected chi connectivity index (χ2v) is 2.78. The number of aromatic nitrogens is 2. The minimum Gasteiger partial charge on any atom is -0.508 e. The van der Waals surface area contributed by atoms with E-state index in [1.807, 2.05) is 0 Å². The van der Waals surface area contributed by atoms with Gasteiger partial charge in [-0.2, -0.15) is 4.98 Å². The largest absolute Gasteiger partial charge is 0.508 e. The van der Waals surface area contributed by atoms with Crippen LogP contribution in [-0.2, 0) is 0 Å². The van der Waals surface area contributed by atoms with Crippen molar-refractivity contribution >= 4 is 10.9 Å². The highest BCUT2D eigenvalue weighted by atomic mass is 16.5. The number of methoxy groups -OCH3 is 1. The van der Waals surface area contributed by atoms with E-state index in [1.165, 1.54) is 19.2 Å². The predicted octanol–water partition coefficient (Wildman–Crippen LogP) is 0.637. The highest BCUT2D eigenvalue weighted by Crippen LogP contribution is 2.22. The summed E-state index contributed by atoms with van der Waals surface area (Å²) in [5, 5.41) is 9.86. The van der Waals surface area contributed by atoms with Crippen molar-refractivity contribution in [1.82, 2.24) is 9.97 Å². The lowest BCUT2D eigenvalue weighted by atomic mass is 10.2. The Morgan fingerprint density at radius 3 is 3.00 bits per heavy atom. The van der Waals surface area contributed by atoms with E-state index >= 15 is 0 Å². The van der Waals surface area contributed by atoms with Crippen molar-refractivity contribution < 1.29 is 9.84 Å². The fraction of sp³-hybridized carbons (Fsp3) is 0.111. The molecule has 1 heterocycles. The molecule has 5 nitrogen and oxygen atoms in total. The van der Waals surface area contributed by atoms with Crippen LogP contribution in [0, 0.1) is 0 Å². The zero-order valence-corrected chi connectivity index (χ0v) is 7.44. The molecular formula is C9H8N2O3. The minimum atomic E-state index is -0.500. The van der Waals surface area contributed by atoms with Crippen molar-refractivity contribution in [2.24, 2.45) is 0 Å². The Kier molecular flexibility index (Phi) is 1.85. The van der Waals surface area contributed by atoms with Crippen LogP contribution >= 0.6 is 0 Å². The molecule has 0 saturated heterocycles. The van der Waals surface area contributed by atoms with Crippen molar-refractivity contribution in [3.63, 3.8) is 0 Å². The molecule has 0 radical (unpaired) electrons. The molecule has 0 aliphatic rings. The van der Waals surface area contributed by atoms with Gasteiger partial charge < -0.3 is 14.8 Å². The lowest BCUT2D eigenvalue weighted by molar-refractivity contribution is 0.401. The number of aromatic hydroxyl groups is 1. The summed E-state index contributed by atoms with van der Waals surface area (Å²) in [6.45, 7) is 0. The first kappa shape index (κ1) is 8.55. The molecule has 0 unspecified atom stereocenters. The fourth-order valence-electron chi connectivity index (χ4n) is 1.27. The average molecular weight is 192 g/mol. The quantitative estimate of drug-likeness (QED) is 0.695. The second-order valence-electron chi connectivity index (χ2n) is 2.78. The number of hydrogen-bond acceptors (Lipinski definition) is 4. The SMILES string of the molecule is COc1nc(=O)[nH]c2cc(O)ccc12. The average Bonchev–Trinajstić information content (AvgIpc) is 2.15. The molecule has 1 aromatic carbocycles. The van der Waals surface area contributed by atoms with E-state index < -0.39 is 5.69 Å². The number of phenols is 1. The third kappa shape index (κ3) is 1.28. The van der Waals surface area contributed by atoms with E-state index in [0.717, 1.165) is 0 Å². The van der Waals surface area contributed by atoms with Gasteiger partial charge in [-0.05, 0) is 12.1 Å². The van der Waals surface area contributed by atoms with Crippen LogP contribution < -0.4 is 10.4 Å². The van der Waals surface area contributed by atoms with Gasteiger partial charge >= 0.3 is 5.69 Å². The zero-order chi connectivity index (χ0) is 10.1. The Bertz CT molecular complexity index is 533. The van der Waals surface area contributed by atoms with Crippen LogP contribution in [-0.4, -0.2) is 22.2 Å². The van der Waals surface area contributed by atoms with Crippen molar-refractivity contribution in [3.05, 3.63) is 28.7 Å². The number of rotatable bonds is 1. The van der Waals surface area contributed by atoms with Gasteiger partial charge in [-0.1, -0.05) is 0 Å². The van der Waals surface area contributed by atoms with Crippen LogP contribution in [0.2, 0.25) is 0 Å². The Labute approximate surface area is 79.0 Å². The van der Waals surface area contributed by atoms with Crippen LogP contribution in [0.25, 0.3) is 10.9 Å². The van der Waals surface area contributed by atoms with E-state index in [9.17, 15) is 9.90 Å². The molecule has 72 valence electrons. The predicted molar refractivity (Wildman–Crippen MR) is 50.6 cm³/mol. The zero-order valence-electron chi connectivity index (χ0n) is 7.44. The Morgan fingerprint density at radius 1 is 1.50 bits per heavy atom. The molecular weight excluding hydrogens is 184 g/mol. The van der Waals surface area contributed by atoms with Gasteiger partial charge in [0.25, 0.3) is 0 Å². The number of H-pyrrole nitrogens is 1. The molecule has 0 bridgehead atoms. The monoisotopic (exact) mass is 192 g/mol. The van der Waals surface area contributed by atoms with Crippen LogP contribution in [0.5, 0.6) is 11.6 Å². The summed E-state index contributed by atoms with van der Waals surface area (Å²) in [5.41, 5.74) is 0.00167. The molecule has 0 aliphatic heterocycles. The number of aromatic amines is 1. The van der Waals surface area contributed by atoms with Crippen LogP contribution in [0.3, 0.4) is 0 Å². The number of nitrogens with zero attached hydrogens (tertiary/aromatic N) is 1. The normalized spacial score (nSPS) is 10.4. The van der Waals surface area contributed by atoms with Gasteiger partial charge in [-0.25, -0.2) is 4.79 Å². The van der Waals surface area contributed by atoms with Crippen LogP contribution in [0.4, 0.5) is 0 Å². The molecule has 2 rings (SSSR count). The van der Waals surface area contributed by atoms with E-state index in [0.29, 0.717) is 10.9 Å². The highest BCUT2D eigenvalue weighted by molar-refractivity contribution is 5.84. The third-order valence-corrected chi connectivity index (χ3v) is 1.87. The Morgan fingerprint density at radius 2 is 2.29 bits per heavy atom. The van der Waals surface area contributed by atoms with Gasteiger partial charge in [0.05, 0.1) is 18.0 Å². The van der Waals surface area contributed by atoms with Crippen molar-refractivity contribution in [3.8, 4) is 11.6 Å². The van der Waals surface area contributed by atoms with Gasteiger partial charge in [0.2, 0.25) is 5.88 Å². The number of benzene rings is 1. The highest BCUT2D eigenvalue weighted by Gasteiger charge is 2.04. The molecule has 1 aromatic heterocycles. The first-order chi connectivity index (χ1) is 6.70. The van der Waals surface area contributed by atoms with Crippen LogP contribution in [0.15, 0.2) is 23.0 Å². The van der Waals surface area contributed by atoms with Gasteiger partial charge in [0.1, 0.15) is 5.75 Å². The molecule has 0 aliphatic carbocycles. The van der Waals surface area contributed by atoms with Crippen molar-refractivity contribution in [2.75, 3.05) is 7.11 Å². The van der Waals surface area contributed by atoms with E-state index in [-0.39, 0.29) is 11.6 Å². The number of phenolic OH excluding ortho intramolecular Hbond substituents is 1. The minimum absolute atomic E-state index is 0.0846. The van der Waals surface area contributed by atoms with Gasteiger partial charge in [0.15, 0.2) is 0 Å². The summed E-state index contributed by atoms with van der Waals surface area (Å²) >= 11 is 0. The van der Waals surface area contributed by atoms with Crippen molar-refractivity contribution in [1.29, 1.82) is 0 Å². The van der Waals surface area contributed by atoms with Gasteiger partial charge in [0, 0.05) is 6.07 Å². The first-order valence-corrected chi connectivity index (χ1v) is 3.98. The van der Waals surface area contributed by atoms with E-state index in [4.69, 9.17) is 4.74 Å². The maximum absolute atomic E-state index is 11.0. The second kappa shape index (κ2) is 3.02. The summed E-state index contributed by atoms with van der Waals surface area (Å²) in [7, 11) is 1.44. The van der Waals surface area contributed by atoms with E-state index in [1.54, 1.807) is 6.07 Å². The third-order valence-electron chi connectivity index (χ3n) is 1.87. The number of hydrogen-bond donors (Lipinski definition) is 2. The lowest BCUT2D eigenvalue weighted by Crippen LogP contribution is -2.11. The number of nitrogens with one attached hydrogen (secondary N) is 1. The topological polar surface area (TPSA) is 75.2 Å². The molecule has 0 atom stereocenters. The summed E-state index contributed by atoms with van der Waals surface area (Å²) < 4.78 is 4.94. The summed E-state index contributed by atoms with van der Waals surface area (Å²) in [6.07, 6.45) is 0. The molecule has 2 N–H and O–H groups in total.